The van der Waals surface area contributed by atoms with Gasteiger partial charge in [-0.05, 0) is 43.9 Å². The molecular formula is C12H14Cl2N2O. The first-order valence-corrected chi connectivity index (χ1v) is 6.34. The molecule has 1 fully saturated rings. The minimum atomic E-state index is -0.242. The molecule has 1 aromatic rings. The molecule has 0 aromatic heterocycles. The summed E-state index contributed by atoms with van der Waals surface area (Å²) >= 11 is 11.8. The highest BCUT2D eigenvalue weighted by atomic mass is 35.5. The fourth-order valence-electron chi connectivity index (χ4n) is 1.67. The summed E-state index contributed by atoms with van der Waals surface area (Å²) in [5.41, 5.74) is 0.527. The number of amides is 2. The average Bonchev–Trinajstić information content (AvgIpc) is 3.06. The number of anilines is 1. The molecular weight excluding hydrogens is 259 g/mol. The minimum absolute atomic E-state index is 0.202. The molecule has 5 heteroatoms. The first kappa shape index (κ1) is 12.5. The van der Waals surface area contributed by atoms with Crippen molar-refractivity contribution in [2.24, 2.45) is 5.92 Å². The summed E-state index contributed by atoms with van der Waals surface area (Å²) in [5, 5.41) is 6.60. The molecule has 2 amide bonds. The third kappa shape index (κ3) is 3.51. The van der Waals surface area contributed by atoms with Gasteiger partial charge in [0, 0.05) is 11.1 Å². The van der Waals surface area contributed by atoms with E-state index < -0.39 is 0 Å². The number of urea groups is 1. The summed E-state index contributed by atoms with van der Waals surface area (Å²) in [6.45, 7) is 2.01. The Kier molecular flexibility index (Phi) is 3.79. The molecule has 1 saturated carbocycles. The first-order valence-electron chi connectivity index (χ1n) is 5.59. The predicted octanol–water partition coefficient (Wildman–Crippen LogP) is 3.91. The van der Waals surface area contributed by atoms with Gasteiger partial charge in [0.15, 0.2) is 0 Å². The maximum absolute atomic E-state index is 11.7. The van der Waals surface area contributed by atoms with Gasteiger partial charge in [-0.15, -0.1) is 0 Å². The molecule has 2 N–H and O–H groups in total. The number of halogens is 2. The topological polar surface area (TPSA) is 41.1 Å². The van der Waals surface area contributed by atoms with Crippen LogP contribution in [0.5, 0.6) is 0 Å². The largest absolute Gasteiger partial charge is 0.335 e. The van der Waals surface area contributed by atoms with E-state index in [1.807, 2.05) is 6.92 Å². The number of rotatable bonds is 3. The maximum atomic E-state index is 11.7. The molecule has 0 bridgehead atoms. The van der Waals surface area contributed by atoms with Crippen LogP contribution in [-0.2, 0) is 0 Å². The summed E-state index contributed by atoms with van der Waals surface area (Å²) < 4.78 is 0. The molecule has 0 spiro atoms. The monoisotopic (exact) mass is 272 g/mol. The van der Waals surface area contributed by atoms with Gasteiger partial charge < -0.3 is 10.6 Å². The molecule has 1 aliphatic carbocycles. The molecule has 1 atom stereocenters. The molecule has 1 aliphatic rings. The zero-order chi connectivity index (χ0) is 12.4. The summed E-state index contributed by atoms with van der Waals surface area (Å²) in [7, 11) is 0. The number of carbonyl (C=O) groups excluding carboxylic acids is 1. The van der Waals surface area contributed by atoms with Crippen LogP contribution in [0.4, 0.5) is 10.5 Å². The molecule has 92 valence electrons. The van der Waals surface area contributed by atoms with E-state index in [0.717, 1.165) is 0 Å². The second kappa shape index (κ2) is 5.15. The molecule has 0 saturated heterocycles. The van der Waals surface area contributed by atoms with E-state index in [-0.39, 0.29) is 12.1 Å². The van der Waals surface area contributed by atoms with Crippen molar-refractivity contribution >= 4 is 34.9 Å². The van der Waals surface area contributed by atoms with Crippen molar-refractivity contribution in [2.75, 3.05) is 5.32 Å². The predicted molar refractivity (Wildman–Crippen MR) is 70.8 cm³/mol. The summed E-state index contributed by atoms with van der Waals surface area (Å²) in [4.78, 5) is 11.7. The van der Waals surface area contributed by atoms with E-state index in [1.54, 1.807) is 18.2 Å². The normalized spacial score (nSPS) is 16.4. The van der Waals surface area contributed by atoms with E-state index >= 15 is 0 Å². The number of carbonyl (C=O) groups is 1. The van der Waals surface area contributed by atoms with Gasteiger partial charge in [0.25, 0.3) is 0 Å². The minimum Gasteiger partial charge on any atom is -0.335 e. The highest BCUT2D eigenvalue weighted by molar-refractivity contribution is 6.35. The van der Waals surface area contributed by atoms with Gasteiger partial charge in [0.05, 0.1) is 10.7 Å². The average molecular weight is 273 g/mol. The van der Waals surface area contributed by atoms with Crippen LogP contribution in [-0.4, -0.2) is 12.1 Å². The van der Waals surface area contributed by atoms with Crippen LogP contribution in [0.2, 0.25) is 10.0 Å². The van der Waals surface area contributed by atoms with Gasteiger partial charge in [-0.1, -0.05) is 23.2 Å². The van der Waals surface area contributed by atoms with Crippen LogP contribution >= 0.6 is 23.2 Å². The van der Waals surface area contributed by atoms with Gasteiger partial charge in [-0.3, -0.25) is 0 Å². The zero-order valence-electron chi connectivity index (χ0n) is 9.47. The lowest BCUT2D eigenvalue weighted by Crippen LogP contribution is -2.37. The SMILES string of the molecule is CC(NC(=O)Nc1cc(Cl)ccc1Cl)C1CC1. The van der Waals surface area contributed by atoms with Gasteiger partial charge in [0.2, 0.25) is 0 Å². The van der Waals surface area contributed by atoms with Crippen LogP contribution in [0.25, 0.3) is 0 Å². The van der Waals surface area contributed by atoms with E-state index in [2.05, 4.69) is 10.6 Å². The molecule has 17 heavy (non-hydrogen) atoms. The standard InChI is InChI=1S/C12H14Cl2N2O/c1-7(8-2-3-8)15-12(17)16-11-6-9(13)4-5-10(11)14/h4-8H,2-3H2,1H3,(H2,15,16,17). The Bertz CT molecular complexity index is 433. The molecule has 0 aliphatic heterocycles. The quantitative estimate of drug-likeness (QED) is 0.861. The lowest BCUT2D eigenvalue weighted by Gasteiger charge is -2.14. The lowest BCUT2D eigenvalue weighted by molar-refractivity contribution is 0.248. The number of hydrogen-bond donors (Lipinski definition) is 2. The first-order chi connectivity index (χ1) is 8.06. The van der Waals surface area contributed by atoms with E-state index in [9.17, 15) is 4.79 Å². The van der Waals surface area contributed by atoms with Crippen LogP contribution in [0, 0.1) is 5.92 Å². The fraction of sp³-hybridized carbons (Fsp3) is 0.417. The number of nitrogens with one attached hydrogen (secondary N) is 2. The zero-order valence-corrected chi connectivity index (χ0v) is 11.0. The van der Waals surface area contributed by atoms with Crippen molar-refractivity contribution in [3.8, 4) is 0 Å². The van der Waals surface area contributed by atoms with Crippen LogP contribution in [0.15, 0.2) is 18.2 Å². The van der Waals surface area contributed by atoms with E-state index in [4.69, 9.17) is 23.2 Å². The Hall–Kier alpha value is -0.930. The smallest absolute Gasteiger partial charge is 0.319 e. The van der Waals surface area contributed by atoms with Gasteiger partial charge in [-0.2, -0.15) is 0 Å². The Labute approximate surface area is 110 Å². The van der Waals surface area contributed by atoms with Crippen molar-refractivity contribution in [1.82, 2.24) is 5.32 Å². The Balaban J connectivity index is 1.94. The van der Waals surface area contributed by atoms with Crippen LogP contribution < -0.4 is 10.6 Å². The third-order valence-corrected chi connectivity index (χ3v) is 3.43. The van der Waals surface area contributed by atoms with E-state index in [0.29, 0.717) is 21.7 Å². The molecule has 1 unspecified atom stereocenters. The van der Waals surface area contributed by atoms with E-state index in [1.165, 1.54) is 12.8 Å². The number of hydrogen-bond acceptors (Lipinski definition) is 1. The second-order valence-corrected chi connectivity index (χ2v) is 5.19. The summed E-state index contributed by atoms with van der Waals surface area (Å²) in [5.74, 6) is 0.621. The summed E-state index contributed by atoms with van der Waals surface area (Å²) in [6, 6.07) is 4.93. The molecule has 2 rings (SSSR count). The van der Waals surface area contributed by atoms with Gasteiger partial charge in [0.1, 0.15) is 0 Å². The van der Waals surface area contributed by atoms with Crippen molar-refractivity contribution in [3.63, 3.8) is 0 Å². The van der Waals surface area contributed by atoms with Crippen molar-refractivity contribution in [1.29, 1.82) is 0 Å². The van der Waals surface area contributed by atoms with Crippen molar-refractivity contribution < 1.29 is 4.79 Å². The van der Waals surface area contributed by atoms with Crippen molar-refractivity contribution in [2.45, 2.75) is 25.8 Å². The second-order valence-electron chi connectivity index (χ2n) is 4.35. The van der Waals surface area contributed by atoms with Gasteiger partial charge >= 0.3 is 6.03 Å². The molecule has 3 nitrogen and oxygen atoms in total. The Morgan fingerprint density at radius 1 is 1.41 bits per heavy atom. The van der Waals surface area contributed by atoms with Crippen LogP contribution in [0.3, 0.4) is 0 Å². The Morgan fingerprint density at radius 2 is 2.12 bits per heavy atom. The van der Waals surface area contributed by atoms with Gasteiger partial charge in [-0.25, -0.2) is 4.79 Å². The van der Waals surface area contributed by atoms with Crippen LogP contribution in [0.1, 0.15) is 19.8 Å². The highest BCUT2D eigenvalue weighted by Crippen LogP contribution is 2.32. The number of benzene rings is 1. The molecule has 1 aromatic carbocycles. The Morgan fingerprint density at radius 3 is 2.76 bits per heavy atom. The molecule has 0 heterocycles. The fourth-order valence-corrected chi connectivity index (χ4v) is 2.01. The van der Waals surface area contributed by atoms with Crippen molar-refractivity contribution in [3.05, 3.63) is 28.2 Å². The third-order valence-electron chi connectivity index (χ3n) is 2.86. The molecule has 0 radical (unpaired) electrons. The summed E-state index contributed by atoms with van der Waals surface area (Å²) in [6.07, 6.45) is 2.39. The maximum Gasteiger partial charge on any atom is 0.319 e. The lowest BCUT2D eigenvalue weighted by atomic mass is 10.2. The highest BCUT2D eigenvalue weighted by Gasteiger charge is 2.28.